The highest BCUT2D eigenvalue weighted by Gasteiger charge is 2.18. The maximum Gasteiger partial charge on any atom is 0.249 e. The molecule has 0 fully saturated rings. The highest BCUT2D eigenvalue weighted by molar-refractivity contribution is 5.76. The van der Waals surface area contributed by atoms with Crippen LogP contribution < -0.4 is 14.8 Å². The highest BCUT2D eigenvalue weighted by Crippen LogP contribution is 2.31. The molecule has 2 aromatic rings. The van der Waals surface area contributed by atoms with Crippen molar-refractivity contribution in [3.8, 4) is 22.9 Å². The van der Waals surface area contributed by atoms with Gasteiger partial charge in [-0.3, -0.25) is 4.79 Å². The third kappa shape index (κ3) is 4.24. The average Bonchev–Trinajstić information content (AvgIpc) is 3.03. The lowest BCUT2D eigenvalue weighted by molar-refractivity contribution is -0.122. The van der Waals surface area contributed by atoms with Crippen molar-refractivity contribution in [2.45, 2.75) is 33.2 Å². The van der Waals surface area contributed by atoms with E-state index in [1.807, 2.05) is 26.8 Å². The number of ether oxygens (including phenoxy) is 2. The Bertz CT molecular complexity index is 697. The van der Waals surface area contributed by atoms with Crippen molar-refractivity contribution in [3.05, 3.63) is 24.1 Å². The largest absolute Gasteiger partial charge is 0.493 e. The third-order valence-electron chi connectivity index (χ3n) is 3.43. The van der Waals surface area contributed by atoms with E-state index < -0.39 is 0 Å². The van der Waals surface area contributed by atoms with Crippen LogP contribution in [0.3, 0.4) is 0 Å². The van der Waals surface area contributed by atoms with E-state index in [-0.39, 0.29) is 11.9 Å². The first kappa shape index (κ1) is 17.8. The molecule has 130 valence electrons. The van der Waals surface area contributed by atoms with Crippen LogP contribution in [0.15, 0.2) is 22.7 Å². The van der Waals surface area contributed by atoms with Gasteiger partial charge in [-0.2, -0.15) is 4.98 Å². The lowest BCUT2D eigenvalue weighted by atomic mass is 10.1. The Labute approximate surface area is 141 Å². The molecule has 1 amide bonds. The average molecular weight is 333 g/mol. The molecule has 1 atom stereocenters. The third-order valence-corrected chi connectivity index (χ3v) is 3.43. The molecule has 0 bridgehead atoms. The van der Waals surface area contributed by atoms with E-state index in [0.717, 1.165) is 5.56 Å². The maximum atomic E-state index is 11.8. The van der Waals surface area contributed by atoms with Crippen LogP contribution in [0.1, 0.15) is 39.1 Å². The van der Waals surface area contributed by atoms with Crippen LogP contribution in [-0.4, -0.2) is 30.3 Å². The van der Waals surface area contributed by atoms with Crippen LogP contribution >= 0.6 is 0 Å². The summed E-state index contributed by atoms with van der Waals surface area (Å²) in [6, 6.07) is 5.02. The molecule has 7 heteroatoms. The maximum absolute atomic E-state index is 11.8. The van der Waals surface area contributed by atoms with Crippen molar-refractivity contribution in [1.82, 2.24) is 15.5 Å². The van der Waals surface area contributed by atoms with Crippen LogP contribution in [0.5, 0.6) is 11.5 Å². The zero-order valence-corrected chi connectivity index (χ0v) is 14.6. The van der Waals surface area contributed by atoms with Gasteiger partial charge >= 0.3 is 0 Å². The van der Waals surface area contributed by atoms with Crippen LogP contribution in [0.2, 0.25) is 0 Å². The van der Waals surface area contributed by atoms with E-state index in [4.69, 9.17) is 14.0 Å². The fourth-order valence-electron chi connectivity index (χ4n) is 2.24. The van der Waals surface area contributed by atoms with Gasteiger partial charge in [0.05, 0.1) is 14.2 Å². The second-order valence-corrected chi connectivity index (χ2v) is 5.91. The molecule has 1 heterocycles. The second-order valence-electron chi connectivity index (χ2n) is 5.91. The van der Waals surface area contributed by atoms with E-state index >= 15 is 0 Å². The van der Waals surface area contributed by atoms with Gasteiger partial charge in [0.2, 0.25) is 17.6 Å². The molecule has 1 N–H and O–H groups in total. The molecule has 24 heavy (non-hydrogen) atoms. The fraction of sp³-hybridized carbons (Fsp3) is 0.471. The fourth-order valence-corrected chi connectivity index (χ4v) is 2.24. The molecular weight excluding hydrogens is 310 g/mol. The summed E-state index contributed by atoms with van der Waals surface area (Å²) in [5.41, 5.74) is 0.739. The summed E-state index contributed by atoms with van der Waals surface area (Å²) in [4.78, 5) is 16.2. The molecule has 7 nitrogen and oxygen atoms in total. The molecule has 1 unspecified atom stereocenters. The molecule has 0 aliphatic carbocycles. The van der Waals surface area contributed by atoms with Gasteiger partial charge < -0.3 is 19.3 Å². The number of hydrogen-bond donors (Lipinski definition) is 1. The Morgan fingerprint density at radius 2 is 1.92 bits per heavy atom. The van der Waals surface area contributed by atoms with Gasteiger partial charge in [-0.1, -0.05) is 19.0 Å². The first-order chi connectivity index (χ1) is 11.4. The van der Waals surface area contributed by atoms with Crippen LogP contribution in [0.4, 0.5) is 0 Å². The number of amides is 1. The van der Waals surface area contributed by atoms with Gasteiger partial charge in [0.15, 0.2) is 11.5 Å². The SMILES string of the molecule is COc1ccc(-c2noc(C(C)NC(=O)CC(C)C)n2)cc1OC. The first-order valence-electron chi connectivity index (χ1n) is 7.80. The van der Waals surface area contributed by atoms with Crippen LogP contribution in [0, 0.1) is 5.92 Å². The molecule has 1 aromatic carbocycles. The smallest absolute Gasteiger partial charge is 0.249 e. The number of benzene rings is 1. The van der Waals surface area contributed by atoms with Crippen molar-refractivity contribution in [3.63, 3.8) is 0 Å². The van der Waals surface area contributed by atoms with E-state index in [0.29, 0.717) is 35.6 Å². The Morgan fingerprint density at radius 3 is 2.54 bits per heavy atom. The van der Waals surface area contributed by atoms with Crippen molar-refractivity contribution in [1.29, 1.82) is 0 Å². The van der Waals surface area contributed by atoms with Gasteiger partial charge in [-0.15, -0.1) is 0 Å². The van der Waals surface area contributed by atoms with Gasteiger partial charge in [-0.05, 0) is 31.0 Å². The Morgan fingerprint density at radius 1 is 1.21 bits per heavy atom. The second kappa shape index (κ2) is 7.81. The number of methoxy groups -OCH3 is 2. The molecule has 0 aliphatic rings. The number of carbonyl (C=O) groups excluding carboxylic acids is 1. The summed E-state index contributed by atoms with van der Waals surface area (Å²) < 4.78 is 15.8. The summed E-state index contributed by atoms with van der Waals surface area (Å²) in [5, 5.41) is 6.83. The number of nitrogens with zero attached hydrogens (tertiary/aromatic N) is 2. The number of carbonyl (C=O) groups is 1. The zero-order valence-electron chi connectivity index (χ0n) is 14.6. The van der Waals surface area contributed by atoms with Crippen molar-refractivity contribution >= 4 is 5.91 Å². The van der Waals surface area contributed by atoms with E-state index in [2.05, 4.69) is 15.5 Å². The first-order valence-corrected chi connectivity index (χ1v) is 7.80. The molecule has 2 rings (SSSR count). The highest BCUT2D eigenvalue weighted by atomic mass is 16.5. The molecule has 0 saturated carbocycles. The number of nitrogens with one attached hydrogen (secondary N) is 1. The normalized spacial score (nSPS) is 12.1. The molecular formula is C17H23N3O4. The molecule has 0 radical (unpaired) electrons. The standard InChI is InChI=1S/C17H23N3O4/c1-10(2)8-15(21)18-11(3)17-19-16(20-24-17)12-6-7-13(22-4)14(9-12)23-5/h6-7,9-11H,8H2,1-5H3,(H,18,21). The predicted molar refractivity (Wildman–Crippen MR) is 88.9 cm³/mol. The van der Waals surface area contributed by atoms with Gasteiger partial charge in [0.25, 0.3) is 0 Å². The molecule has 0 aliphatic heterocycles. The minimum absolute atomic E-state index is 0.0385. The summed E-state index contributed by atoms with van der Waals surface area (Å²) in [6.45, 7) is 5.79. The lowest BCUT2D eigenvalue weighted by Gasteiger charge is -2.10. The summed E-state index contributed by atoms with van der Waals surface area (Å²) in [5.74, 6) is 2.25. The zero-order chi connectivity index (χ0) is 17.7. The number of hydrogen-bond acceptors (Lipinski definition) is 6. The Kier molecular flexibility index (Phi) is 5.78. The van der Waals surface area contributed by atoms with Crippen molar-refractivity contribution in [2.24, 2.45) is 5.92 Å². The van der Waals surface area contributed by atoms with Gasteiger partial charge in [0, 0.05) is 12.0 Å². The number of aromatic nitrogens is 2. The van der Waals surface area contributed by atoms with E-state index in [1.54, 1.807) is 26.4 Å². The lowest BCUT2D eigenvalue weighted by Crippen LogP contribution is -2.27. The van der Waals surface area contributed by atoms with Crippen molar-refractivity contribution < 1.29 is 18.8 Å². The molecule has 1 aromatic heterocycles. The van der Waals surface area contributed by atoms with Crippen LogP contribution in [0.25, 0.3) is 11.4 Å². The minimum atomic E-state index is -0.349. The minimum Gasteiger partial charge on any atom is -0.493 e. The summed E-state index contributed by atoms with van der Waals surface area (Å²) in [7, 11) is 3.14. The number of rotatable bonds is 7. The summed E-state index contributed by atoms with van der Waals surface area (Å²) >= 11 is 0. The monoisotopic (exact) mass is 333 g/mol. The Balaban J connectivity index is 2.14. The van der Waals surface area contributed by atoms with Crippen LogP contribution in [-0.2, 0) is 4.79 Å². The molecule has 0 spiro atoms. The molecule has 0 saturated heterocycles. The topological polar surface area (TPSA) is 86.5 Å². The van der Waals surface area contributed by atoms with E-state index in [1.165, 1.54) is 0 Å². The van der Waals surface area contributed by atoms with Crippen molar-refractivity contribution in [2.75, 3.05) is 14.2 Å². The Hall–Kier alpha value is -2.57. The summed E-state index contributed by atoms with van der Waals surface area (Å²) in [6.07, 6.45) is 0.459. The predicted octanol–water partition coefficient (Wildman–Crippen LogP) is 2.98. The quantitative estimate of drug-likeness (QED) is 0.838. The van der Waals surface area contributed by atoms with Gasteiger partial charge in [-0.25, -0.2) is 0 Å². The van der Waals surface area contributed by atoms with Gasteiger partial charge in [0.1, 0.15) is 6.04 Å². The van der Waals surface area contributed by atoms with E-state index in [9.17, 15) is 4.79 Å².